The Bertz CT molecular complexity index is 808. The van der Waals surface area contributed by atoms with Crippen LogP contribution in [0, 0.1) is 5.92 Å². The summed E-state index contributed by atoms with van der Waals surface area (Å²) in [6.07, 6.45) is 6.83. The van der Waals surface area contributed by atoms with E-state index in [1.807, 2.05) is 0 Å². The Morgan fingerprint density at radius 1 is 0.963 bits per heavy atom. The molecule has 3 rings (SSSR count). The summed E-state index contributed by atoms with van der Waals surface area (Å²) in [5.41, 5.74) is 4.35. The van der Waals surface area contributed by atoms with E-state index in [1.165, 1.54) is 12.6 Å². The Morgan fingerprint density at radius 2 is 1.63 bits per heavy atom. The summed E-state index contributed by atoms with van der Waals surface area (Å²) in [6.45, 7) is 0. The minimum Gasteiger partial charge on any atom is -0.508 e. The van der Waals surface area contributed by atoms with Crippen molar-refractivity contribution in [1.82, 2.24) is 5.43 Å². The Morgan fingerprint density at radius 3 is 2.30 bits per heavy atom. The van der Waals surface area contributed by atoms with Crippen LogP contribution in [-0.2, 0) is 4.79 Å². The van der Waals surface area contributed by atoms with Crippen LogP contribution in [0.4, 0.5) is 5.69 Å². The summed E-state index contributed by atoms with van der Waals surface area (Å²) >= 11 is 0. The molecule has 1 aliphatic rings. The van der Waals surface area contributed by atoms with Crippen LogP contribution < -0.4 is 10.7 Å². The number of carbonyl (C=O) groups is 2. The largest absolute Gasteiger partial charge is 0.508 e. The number of anilines is 1. The number of hydrazone groups is 1. The average molecular weight is 365 g/mol. The summed E-state index contributed by atoms with van der Waals surface area (Å²) in [5, 5.41) is 16.1. The lowest BCUT2D eigenvalue weighted by atomic mass is 9.88. The van der Waals surface area contributed by atoms with Crippen molar-refractivity contribution in [1.29, 1.82) is 0 Å². The minimum absolute atomic E-state index is 0.0606. The second-order valence-electron chi connectivity index (χ2n) is 6.69. The summed E-state index contributed by atoms with van der Waals surface area (Å²) < 4.78 is 0. The lowest BCUT2D eigenvalue weighted by molar-refractivity contribution is -0.120. The van der Waals surface area contributed by atoms with Gasteiger partial charge in [0.15, 0.2) is 0 Å². The molecular weight excluding hydrogens is 342 g/mol. The van der Waals surface area contributed by atoms with E-state index in [0.717, 1.165) is 31.2 Å². The second kappa shape index (κ2) is 8.98. The topological polar surface area (TPSA) is 90.8 Å². The molecule has 6 nitrogen and oxygen atoms in total. The molecule has 0 spiro atoms. The van der Waals surface area contributed by atoms with Gasteiger partial charge in [0.25, 0.3) is 5.91 Å². The summed E-state index contributed by atoms with van der Waals surface area (Å²) in [7, 11) is 0. The maximum absolute atomic E-state index is 12.3. The zero-order valence-corrected chi connectivity index (χ0v) is 15.0. The molecule has 3 N–H and O–H groups in total. The molecule has 1 saturated carbocycles. The third kappa shape index (κ3) is 5.41. The first-order valence-electron chi connectivity index (χ1n) is 9.15. The van der Waals surface area contributed by atoms with Gasteiger partial charge < -0.3 is 10.4 Å². The fraction of sp³-hybridized carbons (Fsp3) is 0.286. The predicted molar refractivity (Wildman–Crippen MR) is 105 cm³/mol. The average Bonchev–Trinajstić information content (AvgIpc) is 2.70. The third-order valence-electron chi connectivity index (χ3n) is 4.66. The molecule has 0 atom stereocenters. The zero-order valence-electron chi connectivity index (χ0n) is 15.0. The van der Waals surface area contributed by atoms with Gasteiger partial charge in [-0.2, -0.15) is 5.10 Å². The van der Waals surface area contributed by atoms with E-state index in [9.17, 15) is 14.7 Å². The number of nitrogens with one attached hydrogen (secondary N) is 2. The van der Waals surface area contributed by atoms with Gasteiger partial charge in [-0.1, -0.05) is 19.3 Å². The van der Waals surface area contributed by atoms with Gasteiger partial charge in [0, 0.05) is 17.2 Å². The predicted octanol–water partition coefficient (Wildman–Crippen LogP) is 3.67. The highest BCUT2D eigenvalue weighted by atomic mass is 16.3. The zero-order chi connectivity index (χ0) is 19.1. The SMILES string of the molecule is O=C(N/N=C/c1ccc(O)cc1)c1ccc(NC(=O)C2CCCCC2)cc1. The molecule has 2 amide bonds. The van der Waals surface area contributed by atoms with Gasteiger partial charge in [-0.15, -0.1) is 0 Å². The number of benzene rings is 2. The molecule has 0 bridgehead atoms. The number of hydrogen-bond acceptors (Lipinski definition) is 4. The Kier molecular flexibility index (Phi) is 6.20. The first kappa shape index (κ1) is 18.6. The normalized spacial score (nSPS) is 14.8. The maximum atomic E-state index is 12.3. The Labute approximate surface area is 158 Å². The minimum atomic E-state index is -0.338. The van der Waals surface area contributed by atoms with Gasteiger partial charge in [-0.05, 0) is 66.9 Å². The number of phenols is 1. The molecule has 140 valence electrons. The van der Waals surface area contributed by atoms with E-state index in [4.69, 9.17) is 0 Å². The van der Waals surface area contributed by atoms with Crippen LogP contribution in [-0.4, -0.2) is 23.1 Å². The van der Waals surface area contributed by atoms with Gasteiger partial charge in [-0.3, -0.25) is 9.59 Å². The fourth-order valence-corrected chi connectivity index (χ4v) is 3.10. The highest BCUT2D eigenvalue weighted by Crippen LogP contribution is 2.25. The number of aromatic hydroxyl groups is 1. The number of amides is 2. The van der Waals surface area contributed by atoms with Crippen LogP contribution >= 0.6 is 0 Å². The highest BCUT2D eigenvalue weighted by Gasteiger charge is 2.21. The lowest BCUT2D eigenvalue weighted by Gasteiger charge is -2.20. The highest BCUT2D eigenvalue weighted by molar-refractivity contribution is 5.96. The first-order chi connectivity index (χ1) is 13.1. The van der Waals surface area contributed by atoms with Gasteiger partial charge in [-0.25, -0.2) is 5.43 Å². The summed E-state index contributed by atoms with van der Waals surface area (Å²) in [5.74, 6) is -0.0107. The fourth-order valence-electron chi connectivity index (χ4n) is 3.10. The Balaban J connectivity index is 1.52. The van der Waals surface area contributed by atoms with Crippen LogP contribution in [0.1, 0.15) is 48.0 Å². The lowest BCUT2D eigenvalue weighted by Crippen LogP contribution is -2.24. The molecule has 0 saturated heterocycles. The number of nitrogens with zero attached hydrogens (tertiary/aromatic N) is 1. The molecular formula is C21H23N3O3. The molecule has 2 aromatic carbocycles. The van der Waals surface area contributed by atoms with E-state index in [2.05, 4.69) is 15.8 Å². The molecule has 1 aliphatic carbocycles. The maximum Gasteiger partial charge on any atom is 0.271 e. The molecule has 6 heteroatoms. The quantitative estimate of drug-likeness (QED) is 0.558. The number of phenolic OH excluding ortho intramolecular Hbond substituents is 1. The van der Waals surface area contributed by atoms with E-state index in [0.29, 0.717) is 11.3 Å². The monoisotopic (exact) mass is 365 g/mol. The van der Waals surface area contributed by atoms with Gasteiger partial charge >= 0.3 is 0 Å². The standard InChI is InChI=1S/C21H23N3O3/c25-19-12-6-15(7-13-19)14-22-24-21(27)17-8-10-18(11-9-17)23-20(26)16-4-2-1-3-5-16/h6-14,16,25H,1-5H2,(H,23,26)(H,24,27)/b22-14+. The van der Waals surface area contributed by atoms with Crippen LogP contribution in [0.5, 0.6) is 5.75 Å². The van der Waals surface area contributed by atoms with Crippen molar-refractivity contribution < 1.29 is 14.7 Å². The van der Waals surface area contributed by atoms with Gasteiger partial charge in [0.05, 0.1) is 6.21 Å². The van der Waals surface area contributed by atoms with Crippen molar-refractivity contribution in [3.63, 3.8) is 0 Å². The van der Waals surface area contributed by atoms with Crippen LogP contribution in [0.2, 0.25) is 0 Å². The van der Waals surface area contributed by atoms with Crippen molar-refractivity contribution in [3.05, 3.63) is 59.7 Å². The van der Waals surface area contributed by atoms with Crippen molar-refractivity contribution in [2.75, 3.05) is 5.32 Å². The van der Waals surface area contributed by atoms with Crippen LogP contribution in [0.3, 0.4) is 0 Å². The van der Waals surface area contributed by atoms with Gasteiger partial charge in [0.1, 0.15) is 5.75 Å². The first-order valence-corrected chi connectivity index (χ1v) is 9.15. The number of rotatable bonds is 5. The molecule has 1 fully saturated rings. The number of hydrogen-bond donors (Lipinski definition) is 3. The molecule has 0 radical (unpaired) electrons. The Hall–Kier alpha value is -3.15. The van der Waals surface area contributed by atoms with Crippen molar-refractivity contribution in [2.45, 2.75) is 32.1 Å². The molecule has 27 heavy (non-hydrogen) atoms. The summed E-state index contributed by atoms with van der Waals surface area (Å²) in [4.78, 5) is 24.4. The van der Waals surface area contributed by atoms with E-state index in [-0.39, 0.29) is 23.5 Å². The second-order valence-corrected chi connectivity index (χ2v) is 6.69. The molecule has 0 unspecified atom stereocenters. The van der Waals surface area contributed by atoms with Crippen molar-refractivity contribution >= 4 is 23.7 Å². The van der Waals surface area contributed by atoms with Crippen LogP contribution in [0.15, 0.2) is 53.6 Å². The van der Waals surface area contributed by atoms with E-state index in [1.54, 1.807) is 48.5 Å². The molecule has 0 aromatic heterocycles. The number of carbonyl (C=O) groups excluding carboxylic acids is 2. The molecule has 0 heterocycles. The third-order valence-corrected chi connectivity index (χ3v) is 4.66. The molecule has 0 aliphatic heterocycles. The summed E-state index contributed by atoms with van der Waals surface area (Å²) in [6, 6.07) is 13.2. The van der Waals surface area contributed by atoms with Crippen molar-refractivity contribution in [3.8, 4) is 5.75 Å². The van der Waals surface area contributed by atoms with Crippen LogP contribution in [0.25, 0.3) is 0 Å². The van der Waals surface area contributed by atoms with E-state index < -0.39 is 0 Å². The smallest absolute Gasteiger partial charge is 0.271 e. The molecule has 2 aromatic rings. The van der Waals surface area contributed by atoms with E-state index >= 15 is 0 Å². The van der Waals surface area contributed by atoms with Crippen molar-refractivity contribution in [2.24, 2.45) is 11.0 Å². The van der Waals surface area contributed by atoms with Gasteiger partial charge in [0.2, 0.25) is 5.91 Å².